The zero-order valence-corrected chi connectivity index (χ0v) is 11.1. The average Bonchev–Trinajstić information content (AvgIpc) is 2.37. The van der Waals surface area contributed by atoms with Crippen LogP contribution in [0.3, 0.4) is 0 Å². The Balaban J connectivity index is 2.81. The van der Waals surface area contributed by atoms with Crippen LogP contribution in [0.25, 0.3) is 0 Å². The van der Waals surface area contributed by atoms with E-state index >= 15 is 0 Å². The highest BCUT2D eigenvalue weighted by atomic mass is 35.5. The largest absolute Gasteiger partial charge is 0.480 e. The molecule has 0 aliphatic rings. The number of aliphatic carboxylic acids is 1. The fraction of sp³-hybridized carbons (Fsp3) is 0.231. The van der Waals surface area contributed by atoms with E-state index in [9.17, 15) is 9.59 Å². The summed E-state index contributed by atoms with van der Waals surface area (Å²) in [4.78, 5) is 23.9. The van der Waals surface area contributed by atoms with E-state index in [0.717, 1.165) is 4.90 Å². The molecule has 19 heavy (non-hydrogen) atoms. The molecule has 0 radical (unpaired) electrons. The van der Waals surface area contributed by atoms with Crippen LogP contribution in [-0.2, 0) is 4.79 Å². The van der Waals surface area contributed by atoms with E-state index in [1.165, 1.54) is 0 Å². The van der Waals surface area contributed by atoms with Gasteiger partial charge in [0.2, 0.25) is 0 Å². The monoisotopic (exact) mass is 282 g/mol. The first-order valence-electron chi connectivity index (χ1n) is 5.68. The predicted molar refractivity (Wildman–Crippen MR) is 74.6 cm³/mol. The van der Waals surface area contributed by atoms with Gasteiger partial charge in [-0.15, -0.1) is 6.58 Å². The van der Waals surface area contributed by atoms with Gasteiger partial charge < -0.3 is 10.4 Å². The standard InChI is InChI=1S/C13H15ClN2O3/c1-2-3-8-15-13(19)16(9-12(17)18)11-6-4-10(14)5-7-11/h2,4-7H,1,3,8-9H2,(H,15,19)(H,17,18). The molecule has 0 fully saturated rings. The number of carboxylic acid groups (broad SMARTS) is 1. The predicted octanol–water partition coefficient (Wildman–Crippen LogP) is 2.52. The zero-order chi connectivity index (χ0) is 14.3. The van der Waals surface area contributed by atoms with Crippen LogP contribution in [0.15, 0.2) is 36.9 Å². The molecule has 0 heterocycles. The number of hydrogen-bond acceptors (Lipinski definition) is 2. The molecule has 1 rings (SSSR count). The number of benzene rings is 1. The van der Waals surface area contributed by atoms with E-state index in [-0.39, 0.29) is 0 Å². The number of carboxylic acids is 1. The number of hydrogen-bond donors (Lipinski definition) is 2. The third kappa shape index (κ3) is 5.01. The molecule has 0 aliphatic heterocycles. The number of nitrogens with one attached hydrogen (secondary N) is 1. The Morgan fingerprint density at radius 3 is 2.53 bits per heavy atom. The second-order valence-corrected chi connectivity index (χ2v) is 4.20. The van der Waals surface area contributed by atoms with Crippen molar-refractivity contribution in [3.05, 3.63) is 41.9 Å². The van der Waals surface area contributed by atoms with Gasteiger partial charge in [0, 0.05) is 17.3 Å². The molecular formula is C13H15ClN2O3. The minimum absolute atomic E-state index is 0.409. The molecule has 6 heteroatoms. The Labute approximate surface area is 116 Å². The van der Waals surface area contributed by atoms with Crippen LogP contribution >= 0.6 is 11.6 Å². The van der Waals surface area contributed by atoms with Gasteiger partial charge in [0.25, 0.3) is 0 Å². The summed E-state index contributed by atoms with van der Waals surface area (Å²) in [5, 5.41) is 12.0. The molecule has 0 aliphatic carbocycles. The SMILES string of the molecule is C=CCCNC(=O)N(CC(=O)O)c1ccc(Cl)cc1. The maximum absolute atomic E-state index is 11.9. The Hall–Kier alpha value is -2.01. The van der Waals surface area contributed by atoms with E-state index in [4.69, 9.17) is 16.7 Å². The summed E-state index contributed by atoms with van der Waals surface area (Å²) in [6.07, 6.45) is 2.29. The van der Waals surface area contributed by atoms with E-state index in [1.54, 1.807) is 30.3 Å². The number of halogens is 1. The second kappa shape index (κ2) is 7.43. The summed E-state index contributed by atoms with van der Waals surface area (Å²) in [7, 11) is 0. The van der Waals surface area contributed by atoms with E-state index in [1.807, 2.05) is 0 Å². The van der Waals surface area contributed by atoms with Crippen LogP contribution in [0.2, 0.25) is 5.02 Å². The first-order chi connectivity index (χ1) is 9.04. The number of carbonyl (C=O) groups excluding carboxylic acids is 1. The Morgan fingerprint density at radius 1 is 1.37 bits per heavy atom. The van der Waals surface area contributed by atoms with Crippen molar-refractivity contribution in [3.8, 4) is 0 Å². The maximum Gasteiger partial charge on any atom is 0.323 e. The fourth-order valence-electron chi connectivity index (χ4n) is 1.41. The van der Waals surface area contributed by atoms with Gasteiger partial charge in [0.05, 0.1) is 0 Å². The van der Waals surface area contributed by atoms with Gasteiger partial charge in [-0.25, -0.2) is 4.79 Å². The summed E-state index contributed by atoms with van der Waals surface area (Å²) < 4.78 is 0. The van der Waals surface area contributed by atoms with Gasteiger partial charge in [-0.05, 0) is 30.7 Å². The van der Waals surface area contributed by atoms with Crippen LogP contribution in [0, 0.1) is 0 Å². The van der Waals surface area contributed by atoms with Crippen molar-refractivity contribution in [3.63, 3.8) is 0 Å². The van der Waals surface area contributed by atoms with Crippen LogP contribution in [0.4, 0.5) is 10.5 Å². The van der Waals surface area contributed by atoms with Crippen molar-refractivity contribution in [1.82, 2.24) is 5.32 Å². The lowest BCUT2D eigenvalue weighted by molar-refractivity contribution is -0.135. The molecule has 0 spiro atoms. The lowest BCUT2D eigenvalue weighted by Crippen LogP contribution is -2.43. The Kier molecular flexibility index (Phi) is 5.89. The molecule has 0 unspecified atom stereocenters. The number of anilines is 1. The van der Waals surface area contributed by atoms with Crippen molar-refractivity contribution in [2.45, 2.75) is 6.42 Å². The molecule has 0 atom stereocenters. The van der Waals surface area contributed by atoms with Crippen molar-refractivity contribution >= 4 is 29.3 Å². The number of nitrogens with zero attached hydrogens (tertiary/aromatic N) is 1. The summed E-state index contributed by atoms with van der Waals surface area (Å²) in [5.74, 6) is -1.09. The quantitative estimate of drug-likeness (QED) is 0.622. The molecule has 2 amide bonds. The molecule has 0 saturated carbocycles. The number of rotatable bonds is 6. The maximum atomic E-state index is 11.9. The second-order valence-electron chi connectivity index (χ2n) is 3.77. The van der Waals surface area contributed by atoms with Crippen LogP contribution in [-0.4, -0.2) is 30.2 Å². The van der Waals surface area contributed by atoms with Gasteiger partial charge in [0.15, 0.2) is 0 Å². The van der Waals surface area contributed by atoms with Crippen molar-refractivity contribution < 1.29 is 14.7 Å². The minimum atomic E-state index is -1.09. The topological polar surface area (TPSA) is 69.6 Å². The normalized spacial score (nSPS) is 9.74. The third-order valence-electron chi connectivity index (χ3n) is 2.30. The smallest absolute Gasteiger partial charge is 0.323 e. The van der Waals surface area contributed by atoms with Crippen LogP contribution in [0.5, 0.6) is 0 Å². The molecule has 1 aromatic carbocycles. The summed E-state index contributed by atoms with van der Waals surface area (Å²) in [6, 6.07) is 5.92. The Morgan fingerprint density at radius 2 is 2.00 bits per heavy atom. The summed E-state index contributed by atoms with van der Waals surface area (Å²) >= 11 is 5.76. The summed E-state index contributed by atoms with van der Waals surface area (Å²) in [6.45, 7) is 3.54. The zero-order valence-electron chi connectivity index (χ0n) is 10.3. The highest BCUT2D eigenvalue weighted by Crippen LogP contribution is 2.18. The molecule has 5 nitrogen and oxygen atoms in total. The number of urea groups is 1. The molecule has 0 bridgehead atoms. The highest BCUT2D eigenvalue weighted by molar-refractivity contribution is 6.30. The minimum Gasteiger partial charge on any atom is -0.480 e. The number of amides is 2. The lowest BCUT2D eigenvalue weighted by atomic mass is 10.3. The first-order valence-corrected chi connectivity index (χ1v) is 6.06. The van der Waals surface area contributed by atoms with E-state index < -0.39 is 18.5 Å². The van der Waals surface area contributed by atoms with Gasteiger partial charge >= 0.3 is 12.0 Å². The van der Waals surface area contributed by atoms with Gasteiger partial charge in [-0.2, -0.15) is 0 Å². The Bertz CT molecular complexity index is 459. The van der Waals surface area contributed by atoms with Gasteiger partial charge in [-0.1, -0.05) is 17.7 Å². The van der Waals surface area contributed by atoms with Crippen molar-refractivity contribution in [1.29, 1.82) is 0 Å². The molecular weight excluding hydrogens is 268 g/mol. The highest BCUT2D eigenvalue weighted by Gasteiger charge is 2.18. The fourth-order valence-corrected chi connectivity index (χ4v) is 1.54. The molecule has 2 N–H and O–H groups in total. The van der Waals surface area contributed by atoms with Gasteiger partial charge in [0.1, 0.15) is 6.54 Å². The molecule has 0 saturated heterocycles. The lowest BCUT2D eigenvalue weighted by Gasteiger charge is -2.21. The van der Waals surface area contributed by atoms with E-state index in [0.29, 0.717) is 23.7 Å². The first kappa shape index (κ1) is 15.0. The summed E-state index contributed by atoms with van der Waals surface area (Å²) in [5.41, 5.74) is 0.475. The van der Waals surface area contributed by atoms with Crippen molar-refractivity contribution in [2.75, 3.05) is 18.0 Å². The van der Waals surface area contributed by atoms with Gasteiger partial charge in [-0.3, -0.25) is 9.69 Å². The van der Waals surface area contributed by atoms with Crippen LogP contribution < -0.4 is 10.2 Å². The molecule has 1 aromatic rings. The molecule has 102 valence electrons. The van der Waals surface area contributed by atoms with E-state index in [2.05, 4.69) is 11.9 Å². The molecule has 0 aromatic heterocycles. The third-order valence-corrected chi connectivity index (χ3v) is 2.55. The van der Waals surface area contributed by atoms with Crippen molar-refractivity contribution in [2.24, 2.45) is 0 Å². The van der Waals surface area contributed by atoms with Crippen LogP contribution in [0.1, 0.15) is 6.42 Å². The average molecular weight is 283 g/mol. The number of carbonyl (C=O) groups is 2.